The maximum absolute atomic E-state index is 12.9. The van der Waals surface area contributed by atoms with Gasteiger partial charge >= 0.3 is 0 Å². The minimum absolute atomic E-state index is 0.0734. The molecule has 1 aromatic carbocycles. The third-order valence-corrected chi connectivity index (χ3v) is 5.89. The van der Waals surface area contributed by atoms with Gasteiger partial charge in [0.15, 0.2) is 5.65 Å². The summed E-state index contributed by atoms with van der Waals surface area (Å²) in [5.74, 6) is 1.18. The zero-order valence-electron chi connectivity index (χ0n) is 15.9. The van der Waals surface area contributed by atoms with Gasteiger partial charge in [0.05, 0.1) is 11.4 Å². The van der Waals surface area contributed by atoms with Crippen LogP contribution in [0.3, 0.4) is 0 Å². The molecule has 0 aliphatic carbocycles. The highest BCUT2D eigenvalue weighted by Gasteiger charge is 2.18. The van der Waals surface area contributed by atoms with E-state index in [1.165, 1.54) is 6.20 Å². The first-order valence-corrected chi connectivity index (χ1v) is 10.1. The molecule has 9 heteroatoms. The molecule has 8 nitrogen and oxygen atoms in total. The maximum Gasteiger partial charge on any atom is 0.263 e. The van der Waals surface area contributed by atoms with Crippen molar-refractivity contribution in [3.63, 3.8) is 0 Å². The fraction of sp³-hybridized carbons (Fsp3) is 0.211. The highest BCUT2D eigenvalue weighted by Crippen LogP contribution is 2.26. The molecule has 3 heterocycles. The Labute approximate surface area is 162 Å². The summed E-state index contributed by atoms with van der Waals surface area (Å²) in [5, 5.41) is 4.97. The number of benzene rings is 1. The molecule has 0 atom stereocenters. The van der Waals surface area contributed by atoms with Gasteiger partial charge in [-0.25, -0.2) is 18.4 Å². The van der Waals surface area contributed by atoms with Crippen molar-refractivity contribution in [3.05, 3.63) is 53.7 Å². The predicted molar refractivity (Wildman–Crippen MR) is 105 cm³/mol. The van der Waals surface area contributed by atoms with Gasteiger partial charge in [0.25, 0.3) is 10.0 Å². The zero-order valence-corrected chi connectivity index (χ0v) is 16.7. The molecule has 0 saturated heterocycles. The van der Waals surface area contributed by atoms with Crippen molar-refractivity contribution in [2.45, 2.75) is 25.7 Å². The van der Waals surface area contributed by atoms with E-state index in [0.717, 1.165) is 17.1 Å². The molecule has 0 saturated carbocycles. The highest BCUT2D eigenvalue weighted by atomic mass is 32.2. The van der Waals surface area contributed by atoms with Gasteiger partial charge in [-0.3, -0.25) is 9.40 Å². The molecule has 0 aliphatic rings. The molecule has 0 unspecified atom stereocenters. The summed E-state index contributed by atoms with van der Waals surface area (Å²) in [6.45, 7) is 5.51. The predicted octanol–water partition coefficient (Wildman–Crippen LogP) is 3.35. The number of fused-ring (bicyclic) bond motifs is 1. The Morgan fingerprint density at radius 3 is 2.61 bits per heavy atom. The Bertz CT molecular complexity index is 1290. The molecule has 28 heavy (non-hydrogen) atoms. The first kappa shape index (κ1) is 18.2. The van der Waals surface area contributed by atoms with Crippen molar-refractivity contribution in [1.29, 1.82) is 0 Å². The van der Waals surface area contributed by atoms with Crippen molar-refractivity contribution < 1.29 is 12.8 Å². The molecular formula is C19H19N5O3S. The number of aromatic nitrogens is 4. The fourth-order valence-electron chi connectivity index (χ4n) is 2.96. The Morgan fingerprint density at radius 2 is 1.89 bits per heavy atom. The number of sulfonamides is 1. The van der Waals surface area contributed by atoms with Gasteiger partial charge in [-0.05, 0) is 45.0 Å². The quantitative estimate of drug-likeness (QED) is 0.566. The fourth-order valence-corrected chi connectivity index (χ4v) is 3.98. The lowest BCUT2D eigenvalue weighted by Gasteiger charge is -2.09. The van der Waals surface area contributed by atoms with Gasteiger partial charge < -0.3 is 4.42 Å². The van der Waals surface area contributed by atoms with Crippen LogP contribution in [0.5, 0.6) is 0 Å². The smallest absolute Gasteiger partial charge is 0.263 e. The van der Waals surface area contributed by atoms with Crippen LogP contribution in [-0.4, -0.2) is 28.2 Å². The molecule has 4 rings (SSSR count). The van der Waals surface area contributed by atoms with Crippen LogP contribution in [0.2, 0.25) is 0 Å². The number of anilines is 1. The van der Waals surface area contributed by atoms with E-state index in [0.29, 0.717) is 28.2 Å². The summed E-state index contributed by atoms with van der Waals surface area (Å²) in [4.78, 5) is 8.68. The summed E-state index contributed by atoms with van der Waals surface area (Å²) in [5.41, 5.74) is 3.25. The molecule has 144 valence electrons. The number of hydrogen-bond donors (Lipinski definition) is 1. The van der Waals surface area contributed by atoms with Crippen LogP contribution in [0.1, 0.15) is 17.1 Å². The molecular weight excluding hydrogens is 378 g/mol. The molecule has 0 spiro atoms. The molecule has 4 aromatic rings. The van der Waals surface area contributed by atoms with Gasteiger partial charge in [-0.2, -0.15) is 5.10 Å². The van der Waals surface area contributed by atoms with Crippen molar-refractivity contribution >= 4 is 26.7 Å². The van der Waals surface area contributed by atoms with Crippen LogP contribution in [0.4, 0.5) is 5.69 Å². The lowest BCUT2D eigenvalue weighted by Crippen LogP contribution is -2.13. The largest absolute Gasteiger partial charge is 0.441 e. The van der Waals surface area contributed by atoms with E-state index in [9.17, 15) is 8.42 Å². The molecule has 1 N–H and O–H groups in total. The SMILES string of the molecule is Cc1nc(-c2cccc(NS(=O)(=O)c3cnc4c(c3)c(C)nn4C)c2)oc1C. The van der Waals surface area contributed by atoms with Gasteiger partial charge in [-0.1, -0.05) is 6.07 Å². The maximum atomic E-state index is 12.9. The van der Waals surface area contributed by atoms with E-state index in [-0.39, 0.29) is 4.90 Å². The Balaban J connectivity index is 1.68. The Morgan fingerprint density at radius 1 is 1.11 bits per heavy atom. The Kier molecular flexibility index (Phi) is 4.19. The van der Waals surface area contributed by atoms with Crippen LogP contribution < -0.4 is 4.72 Å². The summed E-state index contributed by atoms with van der Waals surface area (Å²) in [7, 11) is -2.04. The first-order chi connectivity index (χ1) is 13.2. The van der Waals surface area contributed by atoms with Crippen LogP contribution >= 0.6 is 0 Å². The molecule has 0 bridgehead atoms. The molecule has 3 aromatic heterocycles. The second kappa shape index (κ2) is 6.45. The lowest BCUT2D eigenvalue weighted by atomic mass is 10.2. The summed E-state index contributed by atoms with van der Waals surface area (Å²) >= 11 is 0. The average molecular weight is 397 g/mol. The molecule has 0 aliphatic heterocycles. The molecule has 0 radical (unpaired) electrons. The summed E-state index contributed by atoms with van der Waals surface area (Å²) in [6, 6.07) is 8.50. The van der Waals surface area contributed by atoms with Gasteiger partial charge in [0, 0.05) is 29.9 Å². The average Bonchev–Trinajstić information content (AvgIpc) is 3.13. The van der Waals surface area contributed by atoms with Gasteiger partial charge in [0.1, 0.15) is 10.7 Å². The van der Waals surface area contributed by atoms with Crippen molar-refractivity contribution in [3.8, 4) is 11.5 Å². The summed E-state index contributed by atoms with van der Waals surface area (Å²) in [6.07, 6.45) is 1.33. The number of rotatable bonds is 4. The van der Waals surface area contributed by atoms with E-state index in [1.807, 2.05) is 26.8 Å². The number of hydrogen-bond acceptors (Lipinski definition) is 6. The number of nitrogens with one attached hydrogen (secondary N) is 1. The first-order valence-electron chi connectivity index (χ1n) is 8.61. The van der Waals surface area contributed by atoms with Crippen molar-refractivity contribution in [2.24, 2.45) is 7.05 Å². The third-order valence-electron chi connectivity index (χ3n) is 4.54. The van der Waals surface area contributed by atoms with Crippen LogP contribution in [0.25, 0.3) is 22.5 Å². The molecule has 0 fully saturated rings. The molecule has 0 amide bonds. The Hall–Kier alpha value is -3.20. The number of nitrogens with zero attached hydrogens (tertiary/aromatic N) is 4. The van der Waals surface area contributed by atoms with E-state index >= 15 is 0 Å². The van der Waals surface area contributed by atoms with Crippen molar-refractivity contribution in [1.82, 2.24) is 19.7 Å². The lowest BCUT2D eigenvalue weighted by molar-refractivity contribution is 0.541. The number of oxazole rings is 1. The number of pyridine rings is 1. The standard InChI is InChI=1S/C19H19N5O3S/c1-11-13(3)27-19(21-11)14-6-5-7-15(8-14)23-28(25,26)16-9-17-12(2)22-24(4)18(17)20-10-16/h5-10,23H,1-4H3. The normalized spacial score (nSPS) is 11.9. The van der Waals surface area contributed by atoms with Crippen LogP contribution in [0.15, 0.2) is 45.8 Å². The zero-order chi connectivity index (χ0) is 20.1. The van der Waals surface area contributed by atoms with E-state index in [4.69, 9.17) is 4.42 Å². The second-order valence-corrected chi connectivity index (χ2v) is 8.28. The van der Waals surface area contributed by atoms with Crippen molar-refractivity contribution in [2.75, 3.05) is 4.72 Å². The van der Waals surface area contributed by atoms with Crippen LogP contribution in [-0.2, 0) is 17.1 Å². The van der Waals surface area contributed by atoms with Gasteiger partial charge in [0.2, 0.25) is 5.89 Å². The number of aryl methyl sites for hydroxylation is 4. The summed E-state index contributed by atoms with van der Waals surface area (Å²) < 4.78 is 35.5. The van der Waals surface area contributed by atoms with Gasteiger partial charge in [-0.15, -0.1) is 0 Å². The third kappa shape index (κ3) is 3.13. The minimum atomic E-state index is -3.81. The van der Waals surface area contributed by atoms with E-state index in [2.05, 4.69) is 19.8 Å². The van der Waals surface area contributed by atoms with Crippen LogP contribution in [0, 0.1) is 20.8 Å². The monoisotopic (exact) mass is 397 g/mol. The minimum Gasteiger partial charge on any atom is -0.441 e. The topological polar surface area (TPSA) is 103 Å². The van der Waals surface area contributed by atoms with E-state index < -0.39 is 10.0 Å². The second-order valence-electron chi connectivity index (χ2n) is 6.60. The van der Waals surface area contributed by atoms with E-state index in [1.54, 1.807) is 36.0 Å². The highest BCUT2D eigenvalue weighted by molar-refractivity contribution is 7.92.